The zero-order chi connectivity index (χ0) is 31.5. The first-order chi connectivity index (χ1) is 22.6. The highest BCUT2D eigenvalue weighted by molar-refractivity contribution is 6.05. The number of carbonyl (C=O) groups excluding carboxylic acids is 2. The number of nitrogens with one attached hydrogen (secondary N) is 3. The first-order valence-electron chi connectivity index (χ1n) is 14.7. The Balaban J connectivity index is 1.12. The van der Waals surface area contributed by atoms with Crippen LogP contribution in [0.3, 0.4) is 0 Å². The van der Waals surface area contributed by atoms with Crippen molar-refractivity contribution in [2.24, 2.45) is 0 Å². The number of benzene rings is 3. The molecular formula is C34H30N8O4. The highest BCUT2D eigenvalue weighted by Crippen LogP contribution is 2.30. The van der Waals surface area contributed by atoms with Crippen molar-refractivity contribution in [2.45, 2.75) is 0 Å². The second-order valence-corrected chi connectivity index (χ2v) is 10.7. The molecule has 4 heterocycles. The average molecular weight is 615 g/mol. The van der Waals surface area contributed by atoms with E-state index in [2.05, 4.69) is 25.8 Å². The number of rotatable bonds is 8. The highest BCUT2D eigenvalue weighted by atomic mass is 16.5. The van der Waals surface area contributed by atoms with Crippen LogP contribution in [0.4, 0.5) is 17.2 Å². The Morgan fingerprint density at radius 1 is 0.957 bits per heavy atom. The third-order valence-electron chi connectivity index (χ3n) is 7.76. The molecule has 3 N–H and O–H groups in total. The van der Waals surface area contributed by atoms with E-state index < -0.39 is 0 Å². The molecule has 0 bridgehead atoms. The number of hydrogen-bond donors (Lipinski definition) is 3. The molecule has 46 heavy (non-hydrogen) atoms. The zero-order valence-corrected chi connectivity index (χ0v) is 24.9. The molecule has 7 rings (SSSR count). The van der Waals surface area contributed by atoms with Crippen molar-refractivity contribution in [3.63, 3.8) is 0 Å². The van der Waals surface area contributed by atoms with Gasteiger partial charge in [-0.05, 0) is 42.0 Å². The predicted molar refractivity (Wildman–Crippen MR) is 173 cm³/mol. The maximum Gasteiger partial charge on any atom is 0.257 e. The SMILES string of the molecule is COc1cc(Nc2nc(-c3cccc(C(=O)Nc4ccc(-c5cn[nH]c5)cc4)c3)cn3ccnc23)ccc1C(=O)N1CCOCC1. The Kier molecular flexibility index (Phi) is 7.84. The van der Waals surface area contributed by atoms with Gasteiger partial charge in [0.15, 0.2) is 11.5 Å². The summed E-state index contributed by atoms with van der Waals surface area (Å²) in [5.41, 5.74) is 6.30. The lowest BCUT2D eigenvalue weighted by Crippen LogP contribution is -2.40. The lowest BCUT2D eigenvalue weighted by molar-refractivity contribution is 0.0301. The summed E-state index contributed by atoms with van der Waals surface area (Å²) < 4.78 is 12.9. The van der Waals surface area contributed by atoms with Gasteiger partial charge in [0.05, 0.1) is 37.8 Å². The van der Waals surface area contributed by atoms with Crippen LogP contribution < -0.4 is 15.4 Å². The molecule has 1 aliphatic heterocycles. The van der Waals surface area contributed by atoms with Crippen LogP contribution in [-0.4, -0.2) is 74.7 Å². The smallest absolute Gasteiger partial charge is 0.257 e. The fourth-order valence-corrected chi connectivity index (χ4v) is 5.35. The number of methoxy groups -OCH3 is 1. The summed E-state index contributed by atoms with van der Waals surface area (Å²) in [6, 6.07) is 20.2. The molecule has 0 aliphatic carbocycles. The van der Waals surface area contributed by atoms with E-state index in [1.54, 1.807) is 48.7 Å². The summed E-state index contributed by atoms with van der Waals surface area (Å²) in [6.07, 6.45) is 8.96. The van der Waals surface area contributed by atoms with Gasteiger partial charge in [-0.2, -0.15) is 5.10 Å². The minimum atomic E-state index is -0.237. The Labute approximate surface area is 264 Å². The summed E-state index contributed by atoms with van der Waals surface area (Å²) in [5, 5.41) is 13.1. The normalized spacial score (nSPS) is 13.0. The van der Waals surface area contributed by atoms with E-state index in [-0.39, 0.29) is 11.8 Å². The number of H-pyrrole nitrogens is 1. The third-order valence-corrected chi connectivity index (χ3v) is 7.76. The average Bonchev–Trinajstić information content (AvgIpc) is 3.82. The molecule has 0 radical (unpaired) electrons. The van der Waals surface area contributed by atoms with Gasteiger partial charge < -0.3 is 29.4 Å². The fraction of sp³-hybridized carbons (Fsp3) is 0.147. The van der Waals surface area contributed by atoms with E-state index >= 15 is 0 Å². The molecule has 1 saturated heterocycles. The number of aromatic nitrogens is 5. The summed E-state index contributed by atoms with van der Waals surface area (Å²) in [4.78, 5) is 37.5. The van der Waals surface area contributed by atoms with Crippen molar-refractivity contribution >= 4 is 34.7 Å². The maximum absolute atomic E-state index is 13.2. The Bertz CT molecular complexity index is 2020. The number of ether oxygens (including phenoxy) is 2. The van der Waals surface area contributed by atoms with Gasteiger partial charge in [-0.3, -0.25) is 14.7 Å². The maximum atomic E-state index is 13.2. The van der Waals surface area contributed by atoms with Crippen LogP contribution in [0.15, 0.2) is 97.7 Å². The van der Waals surface area contributed by atoms with Gasteiger partial charge in [-0.1, -0.05) is 24.3 Å². The Hall–Kier alpha value is -6.01. The van der Waals surface area contributed by atoms with Crippen LogP contribution in [0.1, 0.15) is 20.7 Å². The second-order valence-electron chi connectivity index (χ2n) is 10.7. The molecule has 1 fully saturated rings. The lowest BCUT2D eigenvalue weighted by Gasteiger charge is -2.27. The molecule has 3 aromatic heterocycles. The summed E-state index contributed by atoms with van der Waals surface area (Å²) >= 11 is 0. The molecule has 0 atom stereocenters. The number of morpholine rings is 1. The molecular weight excluding hydrogens is 584 g/mol. The molecule has 6 aromatic rings. The largest absolute Gasteiger partial charge is 0.496 e. The molecule has 230 valence electrons. The molecule has 0 saturated carbocycles. The van der Waals surface area contributed by atoms with Crippen molar-refractivity contribution in [2.75, 3.05) is 44.0 Å². The molecule has 0 spiro atoms. The minimum Gasteiger partial charge on any atom is -0.496 e. The van der Waals surface area contributed by atoms with Gasteiger partial charge in [-0.25, -0.2) is 9.97 Å². The van der Waals surface area contributed by atoms with E-state index in [0.29, 0.717) is 71.7 Å². The summed E-state index contributed by atoms with van der Waals surface area (Å²) in [5.74, 6) is 0.618. The first kappa shape index (κ1) is 28.7. The van der Waals surface area contributed by atoms with E-state index in [1.165, 1.54) is 0 Å². The molecule has 12 nitrogen and oxygen atoms in total. The van der Waals surface area contributed by atoms with E-state index in [0.717, 1.165) is 16.7 Å². The number of fused-ring (bicyclic) bond motifs is 1. The van der Waals surface area contributed by atoms with E-state index in [1.807, 2.05) is 65.5 Å². The molecule has 0 unspecified atom stereocenters. The molecule has 12 heteroatoms. The quantitative estimate of drug-likeness (QED) is 0.211. The number of hydrogen-bond acceptors (Lipinski definition) is 8. The third kappa shape index (κ3) is 5.88. The minimum absolute atomic E-state index is 0.0994. The van der Waals surface area contributed by atoms with Crippen molar-refractivity contribution in [3.05, 3.63) is 109 Å². The van der Waals surface area contributed by atoms with Crippen LogP contribution in [0.5, 0.6) is 5.75 Å². The van der Waals surface area contributed by atoms with Gasteiger partial charge in [0.2, 0.25) is 0 Å². The number of imidazole rings is 1. The van der Waals surface area contributed by atoms with Gasteiger partial charge >= 0.3 is 0 Å². The highest BCUT2D eigenvalue weighted by Gasteiger charge is 2.22. The second kappa shape index (κ2) is 12.5. The monoisotopic (exact) mass is 614 g/mol. The Morgan fingerprint density at radius 3 is 2.57 bits per heavy atom. The van der Waals surface area contributed by atoms with Gasteiger partial charge in [-0.15, -0.1) is 0 Å². The van der Waals surface area contributed by atoms with Crippen molar-refractivity contribution < 1.29 is 19.1 Å². The predicted octanol–water partition coefficient (Wildman–Crippen LogP) is 5.26. The van der Waals surface area contributed by atoms with Gasteiger partial charge in [0, 0.05) is 72.0 Å². The van der Waals surface area contributed by atoms with Crippen LogP contribution >= 0.6 is 0 Å². The van der Waals surface area contributed by atoms with Gasteiger partial charge in [0.1, 0.15) is 5.75 Å². The number of amides is 2. The standard InChI is InChI=1S/C34H30N8O4/c1-45-30-18-27(9-10-28(30)34(44)41-13-15-46-16-14-41)38-31-32-35-11-12-42(32)21-29(40-31)23-3-2-4-24(17-23)33(43)39-26-7-5-22(6-8-26)25-19-36-37-20-25/h2-12,17-21H,13-16H2,1H3,(H,36,37)(H,38,40)(H,39,43). The fourth-order valence-electron chi connectivity index (χ4n) is 5.35. The topological polar surface area (TPSA) is 139 Å². The van der Waals surface area contributed by atoms with Crippen LogP contribution in [-0.2, 0) is 4.74 Å². The number of anilines is 3. The molecule has 3 aromatic carbocycles. The number of nitrogens with zero attached hydrogens (tertiary/aromatic N) is 5. The van der Waals surface area contributed by atoms with E-state index in [9.17, 15) is 9.59 Å². The van der Waals surface area contributed by atoms with Gasteiger partial charge in [0.25, 0.3) is 11.8 Å². The lowest BCUT2D eigenvalue weighted by atomic mass is 10.1. The number of aromatic amines is 1. The van der Waals surface area contributed by atoms with Crippen molar-refractivity contribution in [1.29, 1.82) is 0 Å². The van der Waals surface area contributed by atoms with Crippen LogP contribution in [0.25, 0.3) is 28.0 Å². The van der Waals surface area contributed by atoms with Crippen LogP contribution in [0.2, 0.25) is 0 Å². The summed E-state index contributed by atoms with van der Waals surface area (Å²) in [7, 11) is 1.54. The van der Waals surface area contributed by atoms with Crippen LogP contribution in [0, 0.1) is 0 Å². The molecule has 2 amide bonds. The van der Waals surface area contributed by atoms with Crippen molar-refractivity contribution in [3.8, 4) is 28.1 Å². The van der Waals surface area contributed by atoms with Crippen molar-refractivity contribution in [1.82, 2.24) is 29.5 Å². The Morgan fingerprint density at radius 2 is 1.78 bits per heavy atom. The van der Waals surface area contributed by atoms with E-state index in [4.69, 9.17) is 14.5 Å². The summed E-state index contributed by atoms with van der Waals surface area (Å²) in [6.45, 7) is 2.12. The molecule has 1 aliphatic rings. The first-order valence-corrected chi connectivity index (χ1v) is 14.7. The number of carbonyl (C=O) groups is 2. The zero-order valence-electron chi connectivity index (χ0n) is 24.9.